The van der Waals surface area contributed by atoms with Crippen LogP contribution in [0.2, 0.25) is 0 Å². The minimum absolute atomic E-state index is 0.0498. The van der Waals surface area contributed by atoms with Crippen molar-refractivity contribution in [2.24, 2.45) is 11.8 Å². The Hall–Kier alpha value is -3.44. The van der Waals surface area contributed by atoms with E-state index in [0.717, 1.165) is 54.0 Å². The number of carbonyl (C=O) groups excluding carboxylic acids is 1. The molecular formula is C28H24F3N3O4S. The zero-order valence-corrected chi connectivity index (χ0v) is 21.5. The van der Waals surface area contributed by atoms with E-state index in [1.165, 1.54) is 12.1 Å². The fraction of sp³-hybridized carbons (Fsp3) is 0.393. The second kappa shape index (κ2) is 9.34. The second-order valence-corrected chi connectivity index (χ2v) is 11.5. The highest BCUT2D eigenvalue weighted by Gasteiger charge is 2.48. The highest BCUT2D eigenvalue weighted by molar-refractivity contribution is 7.22. The van der Waals surface area contributed by atoms with Gasteiger partial charge in [-0.15, -0.1) is 13.2 Å². The number of thiazole rings is 1. The molecule has 2 aliphatic heterocycles. The van der Waals surface area contributed by atoms with Gasteiger partial charge in [-0.05, 0) is 49.6 Å². The van der Waals surface area contributed by atoms with Crippen molar-refractivity contribution in [3.8, 4) is 17.0 Å². The predicted octanol–water partition coefficient (Wildman–Crippen LogP) is 6.58. The Balaban J connectivity index is 1.08. The van der Waals surface area contributed by atoms with Crippen LogP contribution in [0.1, 0.15) is 46.9 Å². The van der Waals surface area contributed by atoms with Crippen LogP contribution in [0, 0.1) is 11.8 Å². The van der Waals surface area contributed by atoms with Crippen LogP contribution < -0.4 is 9.64 Å². The van der Waals surface area contributed by atoms with Crippen LogP contribution in [-0.4, -0.2) is 42.0 Å². The van der Waals surface area contributed by atoms with Crippen molar-refractivity contribution >= 4 is 33.0 Å². The summed E-state index contributed by atoms with van der Waals surface area (Å²) >= 11 is 1.59. The normalized spacial score (nSPS) is 22.6. The summed E-state index contributed by atoms with van der Waals surface area (Å²) in [4.78, 5) is 18.2. The number of nitrogens with zero attached hydrogens (tertiary/aromatic N) is 3. The molecule has 4 aromatic rings. The molecule has 4 heterocycles. The van der Waals surface area contributed by atoms with Crippen LogP contribution in [0.3, 0.4) is 0 Å². The number of piperidine rings is 2. The average Bonchev–Trinajstić information content (AvgIpc) is 3.53. The van der Waals surface area contributed by atoms with Crippen LogP contribution in [-0.2, 0) is 11.3 Å². The molecular weight excluding hydrogens is 531 g/mol. The first-order valence-corrected chi connectivity index (χ1v) is 13.7. The molecule has 4 fully saturated rings. The lowest BCUT2D eigenvalue weighted by Crippen LogP contribution is -2.59. The van der Waals surface area contributed by atoms with E-state index in [-0.39, 0.29) is 29.9 Å². The molecule has 0 spiro atoms. The fourth-order valence-electron chi connectivity index (χ4n) is 5.80. The number of ether oxygens (including phenoxy) is 2. The summed E-state index contributed by atoms with van der Waals surface area (Å²) in [6.45, 7) is 1.85. The maximum absolute atomic E-state index is 13.1. The minimum Gasteiger partial charge on any atom is -0.405 e. The summed E-state index contributed by atoms with van der Waals surface area (Å²) in [5.74, 6) is 1.26. The van der Waals surface area contributed by atoms with E-state index < -0.39 is 6.36 Å². The smallest absolute Gasteiger partial charge is 0.405 e. The van der Waals surface area contributed by atoms with Crippen molar-refractivity contribution in [1.29, 1.82) is 0 Å². The van der Waals surface area contributed by atoms with Gasteiger partial charge in [-0.1, -0.05) is 28.6 Å². The molecule has 2 aromatic carbocycles. The number of aldehydes is 1. The van der Waals surface area contributed by atoms with Crippen molar-refractivity contribution in [2.75, 3.05) is 18.0 Å². The number of hydrogen-bond donors (Lipinski definition) is 0. The Bertz CT molecular complexity index is 1530. The highest BCUT2D eigenvalue weighted by atomic mass is 32.1. The minimum atomic E-state index is -4.81. The molecule has 2 unspecified atom stereocenters. The van der Waals surface area contributed by atoms with Crippen molar-refractivity contribution < 1.29 is 32.0 Å². The first-order chi connectivity index (χ1) is 18.9. The lowest BCUT2D eigenvalue weighted by Gasteiger charge is -2.53. The average molecular weight is 556 g/mol. The van der Waals surface area contributed by atoms with Crippen LogP contribution in [0.25, 0.3) is 21.5 Å². The third kappa shape index (κ3) is 4.67. The first-order valence-electron chi connectivity index (χ1n) is 12.9. The van der Waals surface area contributed by atoms with E-state index >= 15 is 0 Å². The van der Waals surface area contributed by atoms with Gasteiger partial charge in [0, 0.05) is 47.5 Å². The molecule has 2 atom stereocenters. The molecule has 0 N–H and O–H groups in total. The summed E-state index contributed by atoms with van der Waals surface area (Å²) in [6.07, 6.45) is -0.936. The molecule has 0 radical (unpaired) electrons. The van der Waals surface area contributed by atoms with Gasteiger partial charge in [0.2, 0.25) is 0 Å². The van der Waals surface area contributed by atoms with Gasteiger partial charge in [0.05, 0.1) is 22.9 Å². The van der Waals surface area contributed by atoms with E-state index in [4.69, 9.17) is 14.2 Å². The Morgan fingerprint density at radius 3 is 2.67 bits per heavy atom. The monoisotopic (exact) mass is 555 g/mol. The Labute approximate surface area is 225 Å². The number of halogens is 3. The SMILES string of the molecule is O=Cc1ccc2nc(N3CC4CC(C3)C4OCc3c(-c4ccccc4OC(F)(F)F)noc3C3CC3)sc2c1. The maximum atomic E-state index is 13.1. The molecule has 2 bridgehead atoms. The van der Waals surface area contributed by atoms with Crippen LogP contribution in [0.4, 0.5) is 18.3 Å². The number of aromatic nitrogens is 2. The summed E-state index contributed by atoms with van der Waals surface area (Å²) in [7, 11) is 0. The van der Waals surface area contributed by atoms with Crippen LogP contribution in [0.5, 0.6) is 5.75 Å². The van der Waals surface area contributed by atoms with Gasteiger partial charge in [0.1, 0.15) is 23.5 Å². The topological polar surface area (TPSA) is 77.7 Å². The zero-order chi connectivity index (χ0) is 26.7. The number of anilines is 1. The van der Waals surface area contributed by atoms with Crippen molar-refractivity contribution in [1.82, 2.24) is 10.1 Å². The standard InChI is InChI=1S/C28H24F3N3O4S/c29-28(30,31)37-22-4-2-1-3-19(22)24-20(26(38-33-24)16-6-7-16)14-36-25-17-10-18(25)12-34(11-17)27-32-21-8-5-15(13-35)9-23(21)39-27/h1-5,8-9,13,16-18,25H,6-7,10-12,14H2. The van der Waals surface area contributed by atoms with E-state index in [2.05, 4.69) is 14.8 Å². The summed E-state index contributed by atoms with van der Waals surface area (Å²) in [6, 6.07) is 11.5. The molecule has 4 aliphatic rings. The molecule has 7 nitrogen and oxygen atoms in total. The Morgan fingerprint density at radius 2 is 1.92 bits per heavy atom. The van der Waals surface area contributed by atoms with Gasteiger partial charge in [0.25, 0.3) is 0 Å². The number of hydrogen-bond acceptors (Lipinski definition) is 8. The zero-order valence-electron chi connectivity index (χ0n) is 20.7. The molecule has 2 aromatic heterocycles. The fourth-order valence-corrected chi connectivity index (χ4v) is 6.84. The van der Waals surface area contributed by atoms with E-state index in [1.807, 2.05) is 12.1 Å². The number of benzene rings is 2. The molecule has 2 aliphatic carbocycles. The van der Waals surface area contributed by atoms with E-state index in [9.17, 15) is 18.0 Å². The number of carbonyl (C=O) groups is 1. The molecule has 202 valence electrons. The Morgan fingerprint density at radius 1 is 1.13 bits per heavy atom. The lowest BCUT2D eigenvalue weighted by atomic mass is 9.68. The van der Waals surface area contributed by atoms with Crippen molar-refractivity contribution in [3.63, 3.8) is 0 Å². The number of alkyl halides is 3. The largest absolute Gasteiger partial charge is 0.573 e. The van der Waals surface area contributed by atoms with Crippen molar-refractivity contribution in [2.45, 2.75) is 44.3 Å². The molecule has 39 heavy (non-hydrogen) atoms. The molecule has 2 saturated heterocycles. The summed E-state index contributed by atoms with van der Waals surface area (Å²) in [5.41, 5.74) is 2.80. The number of fused-ring (bicyclic) bond motifs is 3. The van der Waals surface area contributed by atoms with Gasteiger partial charge in [-0.2, -0.15) is 0 Å². The lowest BCUT2D eigenvalue weighted by molar-refractivity contribution is -0.274. The van der Waals surface area contributed by atoms with Crippen LogP contribution >= 0.6 is 11.3 Å². The molecule has 2 saturated carbocycles. The second-order valence-electron chi connectivity index (χ2n) is 10.5. The predicted molar refractivity (Wildman–Crippen MR) is 138 cm³/mol. The van der Waals surface area contributed by atoms with E-state index in [0.29, 0.717) is 34.4 Å². The van der Waals surface area contributed by atoms with Crippen molar-refractivity contribution in [3.05, 3.63) is 59.4 Å². The molecule has 0 amide bonds. The quantitative estimate of drug-likeness (QED) is 0.227. The van der Waals surface area contributed by atoms with E-state index in [1.54, 1.807) is 29.5 Å². The Kier molecular flexibility index (Phi) is 5.89. The van der Waals surface area contributed by atoms with Crippen LogP contribution in [0.15, 0.2) is 47.0 Å². The van der Waals surface area contributed by atoms with Gasteiger partial charge in [0.15, 0.2) is 5.13 Å². The van der Waals surface area contributed by atoms with Gasteiger partial charge in [-0.3, -0.25) is 4.79 Å². The molecule has 8 rings (SSSR count). The third-order valence-corrected chi connectivity index (χ3v) is 8.89. The molecule has 11 heteroatoms. The number of para-hydroxylation sites is 1. The first kappa shape index (κ1) is 24.6. The van der Waals surface area contributed by atoms with Gasteiger partial charge < -0.3 is 18.9 Å². The van der Waals surface area contributed by atoms with Gasteiger partial charge in [-0.25, -0.2) is 4.98 Å². The maximum Gasteiger partial charge on any atom is 0.573 e. The third-order valence-electron chi connectivity index (χ3n) is 7.81. The highest BCUT2D eigenvalue weighted by Crippen LogP contribution is 2.48. The summed E-state index contributed by atoms with van der Waals surface area (Å²) < 4.78 is 56.5. The number of rotatable bonds is 8. The summed E-state index contributed by atoms with van der Waals surface area (Å²) in [5, 5.41) is 5.12. The van der Waals surface area contributed by atoms with Gasteiger partial charge >= 0.3 is 6.36 Å².